The highest BCUT2D eigenvalue weighted by Gasteiger charge is 2.17. The molecule has 0 atom stereocenters. The fourth-order valence-corrected chi connectivity index (χ4v) is 2.30. The number of hydrogen-bond acceptors (Lipinski definition) is 5. The first-order chi connectivity index (χ1) is 9.40. The largest absolute Gasteiger partial charge is 0.490 e. The van der Waals surface area contributed by atoms with Gasteiger partial charge in [0.05, 0.1) is 18.1 Å². The molecule has 0 bridgehead atoms. The zero-order valence-corrected chi connectivity index (χ0v) is 12.4. The summed E-state index contributed by atoms with van der Waals surface area (Å²) in [6, 6.07) is 4.23. The van der Waals surface area contributed by atoms with Crippen molar-refractivity contribution in [2.75, 3.05) is 13.2 Å². The normalized spacial score (nSPS) is 10.9. The van der Waals surface area contributed by atoms with Crippen LogP contribution in [0.25, 0.3) is 0 Å². The van der Waals surface area contributed by atoms with Gasteiger partial charge in [-0.1, -0.05) is 0 Å². The highest BCUT2D eigenvalue weighted by molar-refractivity contribution is 7.89. The number of ether oxygens (including phenoxy) is 2. The van der Waals surface area contributed by atoms with Crippen molar-refractivity contribution in [3.05, 3.63) is 18.2 Å². The Balaban J connectivity index is 3.06. The van der Waals surface area contributed by atoms with Gasteiger partial charge < -0.3 is 9.47 Å². The molecule has 0 spiro atoms. The third-order valence-electron chi connectivity index (χ3n) is 2.19. The molecule has 20 heavy (non-hydrogen) atoms. The summed E-state index contributed by atoms with van der Waals surface area (Å²) in [4.78, 5) is 12.7. The van der Waals surface area contributed by atoms with Gasteiger partial charge in [-0.3, -0.25) is 10.2 Å². The maximum Gasteiger partial charge on any atom is 0.257 e. The second kappa shape index (κ2) is 7.11. The quantitative estimate of drug-likeness (QED) is 0.727. The van der Waals surface area contributed by atoms with E-state index in [-0.39, 0.29) is 4.90 Å². The first kappa shape index (κ1) is 16.3. The first-order valence-electron chi connectivity index (χ1n) is 6.08. The lowest BCUT2D eigenvalue weighted by Gasteiger charge is -2.13. The van der Waals surface area contributed by atoms with Crippen molar-refractivity contribution in [3.63, 3.8) is 0 Å². The number of hydrazine groups is 1. The van der Waals surface area contributed by atoms with Crippen LogP contribution in [-0.4, -0.2) is 27.5 Å². The van der Waals surface area contributed by atoms with Crippen LogP contribution in [0.15, 0.2) is 23.1 Å². The Morgan fingerprint density at radius 1 is 1.15 bits per heavy atom. The monoisotopic (exact) mass is 302 g/mol. The molecule has 0 aliphatic carbocycles. The van der Waals surface area contributed by atoms with E-state index in [9.17, 15) is 13.2 Å². The Hall–Kier alpha value is -1.80. The minimum atomic E-state index is -3.85. The van der Waals surface area contributed by atoms with Gasteiger partial charge >= 0.3 is 0 Å². The molecule has 0 aromatic heterocycles. The fraction of sp³-hybridized carbons (Fsp3) is 0.417. The molecule has 1 aromatic carbocycles. The topological polar surface area (TPSA) is 93.7 Å². The van der Waals surface area contributed by atoms with E-state index in [4.69, 9.17) is 9.47 Å². The maximum atomic E-state index is 11.9. The number of amides is 1. The van der Waals surface area contributed by atoms with E-state index in [2.05, 4.69) is 0 Å². The molecule has 1 amide bonds. The van der Waals surface area contributed by atoms with Crippen LogP contribution in [0.4, 0.5) is 0 Å². The molecule has 7 nitrogen and oxygen atoms in total. The fourth-order valence-electron chi connectivity index (χ4n) is 1.40. The highest BCUT2D eigenvalue weighted by atomic mass is 32.2. The first-order valence-corrected chi connectivity index (χ1v) is 7.57. The predicted molar refractivity (Wildman–Crippen MR) is 72.9 cm³/mol. The standard InChI is InChI=1S/C12H18N2O5S/c1-4-18-11-7-6-10(8-12(11)19-5-2)20(16,17)14-13-9(3)15/h6-8,14H,4-5H2,1-3H3,(H,13,15). The minimum Gasteiger partial charge on any atom is -0.490 e. The predicted octanol–water partition coefficient (Wildman–Crippen LogP) is 0.813. The SMILES string of the molecule is CCOc1ccc(S(=O)(=O)NNC(C)=O)cc1OCC. The Bertz CT molecular complexity index is 571. The highest BCUT2D eigenvalue weighted by Crippen LogP contribution is 2.30. The maximum absolute atomic E-state index is 11.9. The molecule has 8 heteroatoms. The number of rotatable bonds is 7. The molecule has 1 rings (SSSR count). The van der Waals surface area contributed by atoms with E-state index in [0.29, 0.717) is 24.7 Å². The van der Waals surface area contributed by atoms with E-state index in [0.717, 1.165) is 0 Å². The van der Waals surface area contributed by atoms with Crippen LogP contribution < -0.4 is 19.7 Å². The molecular weight excluding hydrogens is 284 g/mol. The van der Waals surface area contributed by atoms with Crippen LogP contribution in [-0.2, 0) is 14.8 Å². The van der Waals surface area contributed by atoms with E-state index < -0.39 is 15.9 Å². The van der Waals surface area contributed by atoms with Crippen molar-refractivity contribution in [3.8, 4) is 11.5 Å². The Morgan fingerprint density at radius 3 is 2.30 bits per heavy atom. The molecule has 112 valence electrons. The number of carbonyl (C=O) groups is 1. The summed E-state index contributed by atoms with van der Waals surface area (Å²) < 4.78 is 34.6. The number of benzene rings is 1. The number of carbonyl (C=O) groups excluding carboxylic acids is 1. The van der Waals surface area contributed by atoms with Crippen molar-refractivity contribution in [1.82, 2.24) is 10.3 Å². The average Bonchev–Trinajstić information content (AvgIpc) is 2.39. The molecule has 0 saturated heterocycles. The van der Waals surface area contributed by atoms with Crippen molar-refractivity contribution in [1.29, 1.82) is 0 Å². The van der Waals surface area contributed by atoms with Crippen LogP contribution in [0.1, 0.15) is 20.8 Å². The Morgan fingerprint density at radius 2 is 1.75 bits per heavy atom. The van der Waals surface area contributed by atoms with E-state index in [1.807, 2.05) is 17.2 Å². The van der Waals surface area contributed by atoms with E-state index >= 15 is 0 Å². The molecule has 0 fully saturated rings. The van der Waals surface area contributed by atoms with Gasteiger partial charge in [0.1, 0.15) is 0 Å². The summed E-state index contributed by atoms with van der Waals surface area (Å²) in [7, 11) is -3.85. The summed E-state index contributed by atoms with van der Waals surface area (Å²) >= 11 is 0. The molecule has 0 aliphatic rings. The van der Waals surface area contributed by atoms with Crippen molar-refractivity contribution in [2.45, 2.75) is 25.7 Å². The molecule has 0 saturated carbocycles. The average molecular weight is 302 g/mol. The summed E-state index contributed by atoms with van der Waals surface area (Å²) in [5, 5.41) is 0. The number of nitrogens with one attached hydrogen (secondary N) is 2. The zero-order chi connectivity index (χ0) is 15.2. The van der Waals surface area contributed by atoms with Crippen LogP contribution >= 0.6 is 0 Å². The second-order valence-electron chi connectivity index (χ2n) is 3.76. The van der Waals surface area contributed by atoms with Crippen LogP contribution in [0.5, 0.6) is 11.5 Å². The molecule has 0 heterocycles. The smallest absolute Gasteiger partial charge is 0.257 e. The Kier molecular flexibility index (Phi) is 5.78. The molecule has 2 N–H and O–H groups in total. The number of sulfonamides is 1. The van der Waals surface area contributed by atoms with Crippen LogP contribution in [0.3, 0.4) is 0 Å². The van der Waals surface area contributed by atoms with Crippen LogP contribution in [0.2, 0.25) is 0 Å². The van der Waals surface area contributed by atoms with Gasteiger partial charge in [0.15, 0.2) is 11.5 Å². The van der Waals surface area contributed by atoms with Gasteiger partial charge in [-0.15, -0.1) is 4.83 Å². The lowest BCUT2D eigenvalue weighted by Crippen LogP contribution is -2.40. The zero-order valence-electron chi connectivity index (χ0n) is 11.6. The molecule has 0 radical (unpaired) electrons. The van der Waals surface area contributed by atoms with Crippen molar-refractivity contribution in [2.24, 2.45) is 0 Å². The minimum absolute atomic E-state index is 0.0295. The molecule has 0 aliphatic heterocycles. The van der Waals surface area contributed by atoms with E-state index in [1.54, 1.807) is 6.92 Å². The Labute approximate surface area is 118 Å². The molecule has 0 unspecified atom stereocenters. The summed E-state index contributed by atoms with van der Waals surface area (Å²) in [6.07, 6.45) is 0. The van der Waals surface area contributed by atoms with Gasteiger partial charge in [0.2, 0.25) is 5.91 Å². The van der Waals surface area contributed by atoms with E-state index in [1.165, 1.54) is 25.1 Å². The van der Waals surface area contributed by atoms with Gasteiger partial charge in [0, 0.05) is 13.0 Å². The van der Waals surface area contributed by atoms with Crippen molar-refractivity contribution >= 4 is 15.9 Å². The van der Waals surface area contributed by atoms with Crippen LogP contribution in [0, 0.1) is 0 Å². The third-order valence-corrected chi connectivity index (χ3v) is 3.43. The number of hydrogen-bond donors (Lipinski definition) is 2. The summed E-state index contributed by atoms with van der Waals surface area (Å²) in [5.41, 5.74) is 2.03. The molecular formula is C12H18N2O5S. The second-order valence-corrected chi connectivity index (χ2v) is 5.44. The van der Waals surface area contributed by atoms with Crippen molar-refractivity contribution < 1.29 is 22.7 Å². The van der Waals surface area contributed by atoms with Gasteiger partial charge in [-0.25, -0.2) is 8.42 Å². The lowest BCUT2D eigenvalue weighted by molar-refractivity contribution is -0.119. The lowest BCUT2D eigenvalue weighted by atomic mass is 10.3. The van der Waals surface area contributed by atoms with Gasteiger partial charge in [0.25, 0.3) is 10.0 Å². The molecule has 1 aromatic rings. The summed E-state index contributed by atoms with van der Waals surface area (Å²) in [5.74, 6) is 0.289. The van der Waals surface area contributed by atoms with Gasteiger partial charge in [-0.2, -0.15) is 0 Å². The third kappa shape index (κ3) is 4.39. The summed E-state index contributed by atoms with van der Waals surface area (Å²) in [6.45, 7) is 5.62. The van der Waals surface area contributed by atoms with Gasteiger partial charge in [-0.05, 0) is 26.0 Å².